The summed E-state index contributed by atoms with van der Waals surface area (Å²) in [5.74, 6) is -1.33. The van der Waals surface area contributed by atoms with Crippen LogP contribution in [0.2, 0.25) is 0 Å². The summed E-state index contributed by atoms with van der Waals surface area (Å²) < 4.78 is 26.9. The van der Waals surface area contributed by atoms with Gasteiger partial charge in [0.2, 0.25) is 11.8 Å². The molecule has 1 aliphatic heterocycles. The normalized spacial score (nSPS) is 19.0. The third kappa shape index (κ3) is 3.70. The van der Waals surface area contributed by atoms with Crippen LogP contribution in [-0.4, -0.2) is 23.3 Å². The first kappa shape index (κ1) is 17.6. The van der Waals surface area contributed by atoms with E-state index in [0.29, 0.717) is 18.9 Å². The second kappa shape index (κ2) is 7.10. The van der Waals surface area contributed by atoms with Crippen molar-refractivity contribution >= 4 is 11.8 Å². The van der Waals surface area contributed by atoms with Crippen molar-refractivity contribution in [1.29, 1.82) is 0 Å². The summed E-state index contributed by atoms with van der Waals surface area (Å²) in [6, 6.07) is 9.98. The molecular weight excluding hydrogens is 350 g/mol. The summed E-state index contributed by atoms with van der Waals surface area (Å²) in [5, 5.41) is 2.72. The van der Waals surface area contributed by atoms with Crippen LogP contribution in [0.3, 0.4) is 0 Å². The number of benzene rings is 2. The molecule has 1 saturated carbocycles. The summed E-state index contributed by atoms with van der Waals surface area (Å²) >= 11 is 0. The highest BCUT2D eigenvalue weighted by atomic mass is 19.1. The number of rotatable bonds is 5. The van der Waals surface area contributed by atoms with Crippen molar-refractivity contribution in [2.75, 3.05) is 6.54 Å². The van der Waals surface area contributed by atoms with E-state index >= 15 is 0 Å². The Kier molecular flexibility index (Phi) is 4.64. The van der Waals surface area contributed by atoms with Crippen LogP contribution in [0.1, 0.15) is 35.6 Å². The monoisotopic (exact) mass is 370 g/mol. The highest BCUT2D eigenvalue weighted by molar-refractivity contribution is 5.92. The third-order valence-electron chi connectivity index (χ3n) is 5.19. The molecule has 1 fully saturated rings. The van der Waals surface area contributed by atoms with Gasteiger partial charge in [0.05, 0.1) is 6.42 Å². The van der Waals surface area contributed by atoms with Gasteiger partial charge in [0.1, 0.15) is 17.7 Å². The molecule has 1 aliphatic carbocycles. The lowest BCUT2D eigenvalue weighted by Gasteiger charge is -2.36. The van der Waals surface area contributed by atoms with Crippen LogP contribution in [0.4, 0.5) is 8.78 Å². The van der Waals surface area contributed by atoms with Gasteiger partial charge in [-0.3, -0.25) is 9.59 Å². The Balaban J connectivity index is 1.57. The minimum atomic E-state index is -0.716. The molecule has 0 radical (unpaired) electrons. The number of carbonyl (C=O) groups excluding carboxylic acids is 2. The second-order valence-electron chi connectivity index (χ2n) is 7.22. The minimum Gasteiger partial charge on any atom is -0.350 e. The maximum Gasteiger partial charge on any atom is 0.247 e. The summed E-state index contributed by atoms with van der Waals surface area (Å²) in [7, 11) is 0. The molecule has 2 aromatic carbocycles. The number of nitrogens with zero attached hydrogens (tertiary/aromatic N) is 1. The Bertz CT molecular complexity index is 896. The number of carbonyl (C=O) groups is 2. The van der Waals surface area contributed by atoms with Crippen LogP contribution >= 0.6 is 0 Å². The molecule has 2 amide bonds. The quantitative estimate of drug-likeness (QED) is 0.879. The number of nitrogens with one attached hydrogen (secondary N) is 1. The zero-order valence-electron chi connectivity index (χ0n) is 14.8. The first-order valence-corrected chi connectivity index (χ1v) is 9.12. The van der Waals surface area contributed by atoms with Crippen LogP contribution in [0.5, 0.6) is 0 Å². The molecule has 27 heavy (non-hydrogen) atoms. The van der Waals surface area contributed by atoms with Crippen LogP contribution in [0.25, 0.3) is 0 Å². The van der Waals surface area contributed by atoms with Crippen LogP contribution < -0.4 is 5.32 Å². The van der Waals surface area contributed by atoms with E-state index in [1.165, 1.54) is 6.07 Å². The smallest absolute Gasteiger partial charge is 0.247 e. The maximum absolute atomic E-state index is 13.8. The van der Waals surface area contributed by atoms with Gasteiger partial charge in [-0.25, -0.2) is 8.78 Å². The second-order valence-corrected chi connectivity index (χ2v) is 7.22. The van der Waals surface area contributed by atoms with Crippen LogP contribution in [0, 0.1) is 17.6 Å². The Morgan fingerprint density at radius 1 is 1.15 bits per heavy atom. The van der Waals surface area contributed by atoms with E-state index < -0.39 is 17.7 Å². The number of fused-ring (bicyclic) bond motifs is 1. The van der Waals surface area contributed by atoms with Crippen molar-refractivity contribution in [3.8, 4) is 0 Å². The molecule has 0 bridgehead atoms. The summed E-state index contributed by atoms with van der Waals surface area (Å²) in [5.41, 5.74) is 1.87. The molecule has 2 aromatic rings. The fraction of sp³-hybridized carbons (Fsp3) is 0.333. The summed E-state index contributed by atoms with van der Waals surface area (Å²) in [6.45, 7) is 0.505. The largest absolute Gasteiger partial charge is 0.350 e. The Morgan fingerprint density at radius 2 is 1.93 bits per heavy atom. The lowest BCUT2D eigenvalue weighted by atomic mass is 9.91. The van der Waals surface area contributed by atoms with Gasteiger partial charge in [-0.15, -0.1) is 0 Å². The number of hydrogen-bond acceptors (Lipinski definition) is 2. The minimum absolute atomic E-state index is 0.0604. The van der Waals surface area contributed by atoms with E-state index in [-0.39, 0.29) is 23.9 Å². The van der Waals surface area contributed by atoms with E-state index in [1.54, 1.807) is 4.90 Å². The number of halogens is 2. The Labute approximate surface area is 156 Å². The molecular formula is C21H20F2N2O2. The van der Waals surface area contributed by atoms with Crippen molar-refractivity contribution < 1.29 is 18.4 Å². The third-order valence-corrected chi connectivity index (χ3v) is 5.19. The predicted octanol–water partition coefficient (Wildman–Crippen LogP) is 3.12. The topological polar surface area (TPSA) is 49.4 Å². The molecule has 1 heterocycles. The van der Waals surface area contributed by atoms with Crippen molar-refractivity contribution in [3.05, 3.63) is 70.8 Å². The number of amides is 2. The molecule has 0 spiro atoms. The molecule has 4 rings (SSSR count). The molecule has 1 unspecified atom stereocenters. The van der Waals surface area contributed by atoms with Crippen LogP contribution in [0.15, 0.2) is 42.5 Å². The highest BCUT2D eigenvalue weighted by Crippen LogP contribution is 2.36. The predicted molar refractivity (Wildman–Crippen MR) is 95.5 cm³/mol. The SMILES string of the molecule is O=C(NCc1ccc(F)cc1F)C1c2ccccc2CC(=O)N1CC1CC1. The highest BCUT2D eigenvalue weighted by Gasteiger charge is 2.39. The van der Waals surface area contributed by atoms with E-state index in [4.69, 9.17) is 0 Å². The average Bonchev–Trinajstić information content (AvgIpc) is 3.45. The first-order valence-electron chi connectivity index (χ1n) is 9.12. The molecule has 2 aliphatic rings. The van der Waals surface area contributed by atoms with Gasteiger partial charge in [-0.2, -0.15) is 0 Å². The zero-order chi connectivity index (χ0) is 19.0. The fourth-order valence-electron chi connectivity index (χ4n) is 3.55. The van der Waals surface area contributed by atoms with Crippen molar-refractivity contribution in [3.63, 3.8) is 0 Å². The Morgan fingerprint density at radius 3 is 2.67 bits per heavy atom. The average molecular weight is 370 g/mol. The van der Waals surface area contributed by atoms with Crippen molar-refractivity contribution in [2.45, 2.75) is 31.8 Å². The van der Waals surface area contributed by atoms with E-state index in [9.17, 15) is 18.4 Å². The van der Waals surface area contributed by atoms with Gasteiger partial charge in [-0.1, -0.05) is 30.3 Å². The lowest BCUT2D eigenvalue weighted by molar-refractivity contribution is -0.142. The molecule has 0 aromatic heterocycles. The summed E-state index contributed by atoms with van der Waals surface area (Å²) in [6.07, 6.45) is 2.43. The van der Waals surface area contributed by atoms with Crippen molar-refractivity contribution in [2.24, 2.45) is 5.92 Å². The van der Waals surface area contributed by atoms with E-state index in [1.807, 2.05) is 24.3 Å². The summed E-state index contributed by atoms with van der Waals surface area (Å²) in [4.78, 5) is 27.3. The molecule has 0 saturated heterocycles. The van der Waals surface area contributed by atoms with Gasteiger partial charge >= 0.3 is 0 Å². The molecule has 6 heteroatoms. The Hall–Kier alpha value is -2.76. The van der Waals surface area contributed by atoms with Gasteiger partial charge in [0.25, 0.3) is 0 Å². The van der Waals surface area contributed by atoms with Gasteiger partial charge in [0.15, 0.2) is 0 Å². The molecule has 140 valence electrons. The van der Waals surface area contributed by atoms with Crippen molar-refractivity contribution in [1.82, 2.24) is 10.2 Å². The fourth-order valence-corrected chi connectivity index (χ4v) is 3.55. The van der Waals surface area contributed by atoms with Gasteiger partial charge in [-0.05, 0) is 36.0 Å². The molecule has 1 N–H and O–H groups in total. The van der Waals surface area contributed by atoms with E-state index in [2.05, 4.69) is 5.32 Å². The molecule has 1 atom stereocenters. The standard InChI is InChI=1S/C21H20F2N2O2/c22-16-8-7-15(18(23)10-16)11-24-21(27)20-17-4-2-1-3-14(17)9-19(26)25(20)12-13-5-6-13/h1-4,7-8,10,13,20H,5-6,9,11-12H2,(H,24,27). The van der Waals surface area contributed by atoms with E-state index in [0.717, 1.165) is 36.1 Å². The van der Waals surface area contributed by atoms with Gasteiger partial charge in [0, 0.05) is 24.7 Å². The molecule has 4 nitrogen and oxygen atoms in total. The number of hydrogen-bond donors (Lipinski definition) is 1. The zero-order valence-corrected chi connectivity index (χ0v) is 14.8. The lowest BCUT2D eigenvalue weighted by Crippen LogP contribution is -2.48. The first-order chi connectivity index (χ1) is 13.0. The van der Waals surface area contributed by atoms with Crippen LogP contribution in [-0.2, 0) is 22.6 Å². The maximum atomic E-state index is 13.8. The van der Waals surface area contributed by atoms with Gasteiger partial charge < -0.3 is 10.2 Å².